The summed E-state index contributed by atoms with van der Waals surface area (Å²) in [6, 6.07) is 5.49. The summed E-state index contributed by atoms with van der Waals surface area (Å²) in [7, 11) is 5.18. The average Bonchev–Trinajstić information content (AvgIpc) is 2.36. The maximum Gasteiger partial charge on any atom is 0.323 e. The predicted molar refractivity (Wildman–Crippen MR) is 67.0 cm³/mol. The maximum atomic E-state index is 11.8. The Hall–Kier alpha value is -2.17. The third-order valence-corrected chi connectivity index (χ3v) is 2.51. The molecule has 0 N–H and O–H groups in total. The number of aromatic nitrogens is 2. The molecule has 88 valence electrons. The van der Waals surface area contributed by atoms with Crippen LogP contribution in [0.15, 0.2) is 30.6 Å². The van der Waals surface area contributed by atoms with E-state index in [9.17, 15) is 4.79 Å². The van der Waals surface area contributed by atoms with Crippen LogP contribution < -0.4 is 4.90 Å². The Kier molecular flexibility index (Phi) is 2.91. The molecular weight excluding hydrogens is 216 g/mol. The first-order valence-corrected chi connectivity index (χ1v) is 5.25. The average molecular weight is 230 g/mol. The highest BCUT2D eigenvalue weighted by Crippen LogP contribution is 2.18. The van der Waals surface area contributed by atoms with E-state index >= 15 is 0 Å². The monoisotopic (exact) mass is 230 g/mol. The molecule has 2 aromatic rings. The molecule has 5 heteroatoms. The lowest BCUT2D eigenvalue weighted by Crippen LogP contribution is -2.36. The van der Waals surface area contributed by atoms with Crippen molar-refractivity contribution in [2.24, 2.45) is 0 Å². The van der Waals surface area contributed by atoms with Crippen LogP contribution in [0.3, 0.4) is 0 Å². The standard InChI is InChI=1S/C12H14N4O/c1-15(2)12(17)16(3)9-4-5-10-11(8-9)14-7-6-13-10/h4-8H,1-3H3. The van der Waals surface area contributed by atoms with Crippen molar-refractivity contribution >= 4 is 22.8 Å². The number of rotatable bonds is 1. The van der Waals surface area contributed by atoms with E-state index in [1.807, 2.05) is 18.2 Å². The lowest BCUT2D eigenvalue weighted by molar-refractivity contribution is 0.225. The van der Waals surface area contributed by atoms with Gasteiger partial charge in [-0.2, -0.15) is 0 Å². The summed E-state index contributed by atoms with van der Waals surface area (Å²) in [4.78, 5) is 23.3. The number of hydrogen-bond donors (Lipinski definition) is 0. The Morgan fingerprint density at radius 2 is 1.71 bits per heavy atom. The molecule has 0 fully saturated rings. The molecule has 0 aliphatic carbocycles. The van der Waals surface area contributed by atoms with Gasteiger partial charge in [-0.1, -0.05) is 0 Å². The van der Waals surface area contributed by atoms with Crippen molar-refractivity contribution in [1.82, 2.24) is 14.9 Å². The molecule has 1 aromatic heterocycles. The summed E-state index contributed by atoms with van der Waals surface area (Å²) < 4.78 is 0. The quantitative estimate of drug-likeness (QED) is 0.749. The lowest BCUT2D eigenvalue weighted by Gasteiger charge is -2.21. The highest BCUT2D eigenvalue weighted by atomic mass is 16.2. The van der Waals surface area contributed by atoms with E-state index < -0.39 is 0 Å². The summed E-state index contributed by atoms with van der Waals surface area (Å²) in [5.41, 5.74) is 2.40. The molecule has 0 radical (unpaired) electrons. The molecule has 0 saturated heterocycles. The molecule has 0 aliphatic rings. The Bertz CT molecular complexity index is 553. The molecule has 0 atom stereocenters. The van der Waals surface area contributed by atoms with E-state index in [1.165, 1.54) is 4.90 Å². The van der Waals surface area contributed by atoms with Crippen molar-refractivity contribution in [3.8, 4) is 0 Å². The Labute approximate surface area is 99.7 Å². The van der Waals surface area contributed by atoms with Gasteiger partial charge >= 0.3 is 6.03 Å². The zero-order valence-corrected chi connectivity index (χ0v) is 10.1. The first-order chi connectivity index (χ1) is 8.09. The zero-order chi connectivity index (χ0) is 12.4. The molecule has 1 aromatic carbocycles. The molecule has 0 aliphatic heterocycles. The minimum atomic E-state index is -0.0757. The van der Waals surface area contributed by atoms with Crippen LogP contribution in [0.4, 0.5) is 10.5 Å². The normalized spacial score (nSPS) is 10.3. The first-order valence-electron chi connectivity index (χ1n) is 5.25. The number of anilines is 1. The number of urea groups is 1. The van der Waals surface area contributed by atoms with E-state index in [0.29, 0.717) is 0 Å². The van der Waals surface area contributed by atoms with Gasteiger partial charge in [-0.15, -0.1) is 0 Å². The molecule has 2 amide bonds. The topological polar surface area (TPSA) is 49.3 Å². The van der Waals surface area contributed by atoms with E-state index in [-0.39, 0.29) is 6.03 Å². The van der Waals surface area contributed by atoms with Gasteiger partial charge in [0.15, 0.2) is 0 Å². The third kappa shape index (κ3) is 2.18. The molecule has 0 spiro atoms. The third-order valence-electron chi connectivity index (χ3n) is 2.51. The smallest absolute Gasteiger partial charge is 0.323 e. The van der Waals surface area contributed by atoms with Crippen LogP contribution in [0.2, 0.25) is 0 Å². The van der Waals surface area contributed by atoms with Crippen LogP contribution >= 0.6 is 0 Å². The number of fused-ring (bicyclic) bond motifs is 1. The van der Waals surface area contributed by atoms with Crippen molar-refractivity contribution < 1.29 is 4.79 Å². The van der Waals surface area contributed by atoms with Gasteiger partial charge in [0.05, 0.1) is 11.0 Å². The predicted octanol–water partition coefficient (Wildman–Crippen LogP) is 1.75. The van der Waals surface area contributed by atoms with Gasteiger partial charge in [0, 0.05) is 39.2 Å². The fourth-order valence-corrected chi connectivity index (χ4v) is 1.57. The Balaban J connectivity index is 2.39. The number of carbonyl (C=O) groups is 1. The molecule has 17 heavy (non-hydrogen) atoms. The van der Waals surface area contributed by atoms with Gasteiger partial charge in [0.25, 0.3) is 0 Å². The fourth-order valence-electron chi connectivity index (χ4n) is 1.57. The highest BCUT2D eigenvalue weighted by Gasteiger charge is 2.12. The zero-order valence-electron chi connectivity index (χ0n) is 10.1. The Morgan fingerprint density at radius 3 is 2.35 bits per heavy atom. The van der Waals surface area contributed by atoms with Gasteiger partial charge in [0.2, 0.25) is 0 Å². The lowest BCUT2D eigenvalue weighted by atomic mass is 10.2. The van der Waals surface area contributed by atoms with Crippen molar-refractivity contribution in [3.63, 3.8) is 0 Å². The first kappa shape index (κ1) is 11.3. The second-order valence-electron chi connectivity index (χ2n) is 3.97. The largest absolute Gasteiger partial charge is 0.330 e. The minimum absolute atomic E-state index is 0.0757. The maximum absolute atomic E-state index is 11.8. The van der Waals surface area contributed by atoms with Crippen LogP contribution in [0.25, 0.3) is 11.0 Å². The Morgan fingerprint density at radius 1 is 1.06 bits per heavy atom. The summed E-state index contributed by atoms with van der Waals surface area (Å²) in [6.45, 7) is 0. The number of hydrogen-bond acceptors (Lipinski definition) is 3. The molecule has 0 unspecified atom stereocenters. The molecular formula is C12H14N4O. The van der Waals surface area contributed by atoms with Gasteiger partial charge in [-0.3, -0.25) is 14.9 Å². The van der Waals surface area contributed by atoms with E-state index in [4.69, 9.17) is 0 Å². The van der Waals surface area contributed by atoms with Gasteiger partial charge in [-0.05, 0) is 18.2 Å². The highest BCUT2D eigenvalue weighted by molar-refractivity contribution is 5.93. The van der Waals surface area contributed by atoms with Crippen molar-refractivity contribution in [2.45, 2.75) is 0 Å². The van der Waals surface area contributed by atoms with Gasteiger partial charge < -0.3 is 4.90 Å². The SMILES string of the molecule is CN(C)C(=O)N(C)c1ccc2nccnc2c1. The van der Waals surface area contributed by atoms with Crippen molar-refractivity contribution in [1.29, 1.82) is 0 Å². The molecule has 0 saturated carbocycles. The number of carbonyl (C=O) groups excluding carboxylic acids is 1. The van der Waals surface area contributed by atoms with Gasteiger partial charge in [0.1, 0.15) is 0 Å². The summed E-state index contributed by atoms with van der Waals surface area (Å²) in [5, 5.41) is 0. The molecule has 5 nitrogen and oxygen atoms in total. The van der Waals surface area contributed by atoms with Crippen LogP contribution in [0.5, 0.6) is 0 Å². The number of nitrogens with zero attached hydrogens (tertiary/aromatic N) is 4. The fraction of sp³-hybridized carbons (Fsp3) is 0.250. The molecule has 1 heterocycles. The summed E-state index contributed by atoms with van der Waals surface area (Å²) >= 11 is 0. The second kappa shape index (κ2) is 4.37. The number of benzene rings is 1. The van der Waals surface area contributed by atoms with Crippen molar-refractivity contribution in [3.05, 3.63) is 30.6 Å². The van der Waals surface area contributed by atoms with E-state index in [1.54, 1.807) is 38.4 Å². The summed E-state index contributed by atoms with van der Waals surface area (Å²) in [5.74, 6) is 0. The summed E-state index contributed by atoms with van der Waals surface area (Å²) in [6.07, 6.45) is 3.29. The molecule has 2 rings (SSSR count). The van der Waals surface area contributed by atoms with Crippen LogP contribution in [-0.2, 0) is 0 Å². The van der Waals surface area contributed by atoms with Crippen LogP contribution in [-0.4, -0.2) is 42.0 Å². The number of amides is 2. The van der Waals surface area contributed by atoms with E-state index in [2.05, 4.69) is 9.97 Å². The van der Waals surface area contributed by atoms with Crippen LogP contribution in [0, 0.1) is 0 Å². The van der Waals surface area contributed by atoms with E-state index in [0.717, 1.165) is 16.7 Å². The van der Waals surface area contributed by atoms with Crippen molar-refractivity contribution in [2.75, 3.05) is 26.0 Å². The second-order valence-corrected chi connectivity index (χ2v) is 3.97. The van der Waals surface area contributed by atoms with Crippen LogP contribution in [0.1, 0.15) is 0 Å². The van der Waals surface area contributed by atoms with Gasteiger partial charge in [-0.25, -0.2) is 4.79 Å². The molecule has 0 bridgehead atoms. The minimum Gasteiger partial charge on any atom is -0.330 e.